The molecule has 2 aromatic rings. The van der Waals surface area contributed by atoms with Crippen LogP contribution in [0.1, 0.15) is 56.6 Å². The van der Waals surface area contributed by atoms with Gasteiger partial charge >= 0.3 is 11.9 Å². The molecule has 5 heteroatoms. The maximum Gasteiger partial charge on any atom is 0.421 e. The van der Waals surface area contributed by atoms with Crippen molar-refractivity contribution in [3.05, 3.63) is 65.7 Å². The molecular formula is C26H35N2O3+. The number of nitrogens with zero attached hydrogens (tertiary/aromatic N) is 1. The summed E-state index contributed by atoms with van der Waals surface area (Å²) < 4.78 is 5.66. The molecule has 2 N–H and O–H groups in total. The number of carbonyl (C=O) groups excluding carboxylic acids is 2. The number of imide groups is 1. The maximum atomic E-state index is 12.8. The van der Waals surface area contributed by atoms with E-state index in [1.54, 1.807) is 0 Å². The first-order chi connectivity index (χ1) is 15.0. The molecule has 5 nitrogen and oxygen atoms in total. The lowest BCUT2D eigenvalue weighted by molar-refractivity contribution is -0.783. The molecular weight excluding hydrogens is 388 g/mol. The van der Waals surface area contributed by atoms with Crippen molar-refractivity contribution in [3.63, 3.8) is 0 Å². The van der Waals surface area contributed by atoms with E-state index in [-0.39, 0.29) is 16.4 Å². The summed E-state index contributed by atoms with van der Waals surface area (Å²) in [6, 6.07) is 18.0. The van der Waals surface area contributed by atoms with E-state index in [0.717, 1.165) is 43.4 Å². The van der Waals surface area contributed by atoms with Crippen molar-refractivity contribution in [1.29, 1.82) is 0 Å². The fraction of sp³-hybridized carbons (Fsp3) is 0.462. The SMILES string of the molecule is C[C@@H]1CCC[N+]1(C(N)=O)C(=O)CCc1ccc(OCCCCCc2ccccc2)cc1. The van der Waals surface area contributed by atoms with Gasteiger partial charge < -0.3 is 10.5 Å². The zero-order chi connectivity index (χ0) is 22.1. The second-order valence-electron chi connectivity index (χ2n) is 8.60. The van der Waals surface area contributed by atoms with Crippen LogP contribution in [-0.4, -0.2) is 35.6 Å². The summed E-state index contributed by atoms with van der Waals surface area (Å²) in [5.41, 5.74) is 8.07. The van der Waals surface area contributed by atoms with Crippen molar-refractivity contribution in [2.24, 2.45) is 5.73 Å². The number of aryl methyl sites for hydroxylation is 2. The van der Waals surface area contributed by atoms with Gasteiger partial charge in [-0.15, -0.1) is 0 Å². The lowest BCUT2D eigenvalue weighted by atomic mass is 10.1. The van der Waals surface area contributed by atoms with Crippen LogP contribution in [0, 0.1) is 0 Å². The molecule has 0 bridgehead atoms. The third kappa shape index (κ3) is 5.95. The van der Waals surface area contributed by atoms with Crippen molar-refractivity contribution in [1.82, 2.24) is 0 Å². The minimum Gasteiger partial charge on any atom is -0.494 e. The van der Waals surface area contributed by atoms with Crippen molar-refractivity contribution < 1.29 is 18.8 Å². The Labute approximate surface area is 185 Å². The summed E-state index contributed by atoms with van der Waals surface area (Å²) in [7, 11) is 0. The molecule has 1 aliphatic heterocycles. The Bertz CT molecular complexity index is 851. The lowest BCUT2D eigenvalue weighted by Crippen LogP contribution is -2.61. The van der Waals surface area contributed by atoms with E-state index in [2.05, 4.69) is 24.3 Å². The highest BCUT2D eigenvalue weighted by Gasteiger charge is 2.50. The molecule has 1 fully saturated rings. The van der Waals surface area contributed by atoms with Crippen LogP contribution >= 0.6 is 0 Å². The number of quaternary nitrogens is 1. The normalized spacial score (nSPS) is 20.5. The molecule has 2 aromatic carbocycles. The van der Waals surface area contributed by atoms with Crippen LogP contribution in [0.5, 0.6) is 5.75 Å². The number of unbranched alkanes of at least 4 members (excludes halogenated alkanes) is 2. The Hall–Kier alpha value is -2.66. The Kier molecular flexibility index (Phi) is 8.24. The van der Waals surface area contributed by atoms with Gasteiger partial charge in [0.05, 0.1) is 19.6 Å². The summed E-state index contributed by atoms with van der Waals surface area (Å²) in [6.07, 6.45) is 7.14. The number of hydrogen-bond acceptors (Lipinski definition) is 3. The standard InChI is InChI=1S/C26H34N2O3/c1-21-9-8-19-28(21,26(27)30)25(29)18-15-23-13-16-24(17-14-23)31-20-7-3-6-12-22-10-4-2-5-11-22/h2,4-5,10-11,13-14,16-17,21H,3,6-9,12,15,18-20H2,1H3,(H-,27,30)/p+1/t21-,28?/m1/s1. The topological polar surface area (TPSA) is 69.4 Å². The van der Waals surface area contributed by atoms with Crippen molar-refractivity contribution >= 4 is 11.9 Å². The van der Waals surface area contributed by atoms with E-state index in [1.807, 2.05) is 37.3 Å². The van der Waals surface area contributed by atoms with Crippen LogP contribution in [0.25, 0.3) is 0 Å². The molecule has 166 valence electrons. The molecule has 0 aromatic heterocycles. The number of ether oxygens (including phenoxy) is 1. The molecule has 1 heterocycles. The van der Waals surface area contributed by atoms with Gasteiger partial charge in [0.25, 0.3) is 0 Å². The van der Waals surface area contributed by atoms with Crippen molar-refractivity contribution in [2.45, 2.75) is 64.3 Å². The van der Waals surface area contributed by atoms with Gasteiger partial charge in [0.2, 0.25) is 0 Å². The minimum absolute atomic E-state index is 0.0199. The molecule has 2 atom stereocenters. The minimum atomic E-state index is -0.512. The van der Waals surface area contributed by atoms with E-state index in [9.17, 15) is 9.59 Å². The Morgan fingerprint density at radius 2 is 1.68 bits per heavy atom. The fourth-order valence-electron chi connectivity index (χ4n) is 4.54. The number of nitrogens with two attached hydrogens (primary N) is 1. The van der Waals surface area contributed by atoms with E-state index in [0.29, 0.717) is 26.0 Å². The largest absolute Gasteiger partial charge is 0.494 e. The summed E-state index contributed by atoms with van der Waals surface area (Å²) in [5, 5.41) is 0. The van der Waals surface area contributed by atoms with Gasteiger partial charge in [0.15, 0.2) is 0 Å². The highest BCUT2D eigenvalue weighted by molar-refractivity contribution is 5.83. The van der Waals surface area contributed by atoms with Crippen LogP contribution in [0.3, 0.4) is 0 Å². The zero-order valence-electron chi connectivity index (χ0n) is 18.6. The van der Waals surface area contributed by atoms with Crippen LogP contribution in [-0.2, 0) is 17.6 Å². The second kappa shape index (κ2) is 11.1. The molecule has 0 radical (unpaired) electrons. The first-order valence-electron chi connectivity index (χ1n) is 11.5. The number of amides is 3. The number of rotatable bonds is 10. The first-order valence-corrected chi connectivity index (χ1v) is 11.5. The van der Waals surface area contributed by atoms with Crippen LogP contribution in [0.2, 0.25) is 0 Å². The summed E-state index contributed by atoms with van der Waals surface area (Å²) in [4.78, 5) is 24.9. The molecule has 1 aliphatic rings. The number of likely N-dealkylation sites (tertiary alicyclic amines) is 1. The molecule has 31 heavy (non-hydrogen) atoms. The van der Waals surface area contributed by atoms with Gasteiger partial charge in [0, 0.05) is 12.8 Å². The van der Waals surface area contributed by atoms with Gasteiger partial charge in [0.1, 0.15) is 11.8 Å². The molecule has 1 unspecified atom stereocenters. The Morgan fingerprint density at radius 3 is 2.32 bits per heavy atom. The summed E-state index contributed by atoms with van der Waals surface area (Å²) in [6.45, 7) is 3.19. The van der Waals surface area contributed by atoms with Crippen LogP contribution < -0.4 is 10.5 Å². The number of hydrogen-bond donors (Lipinski definition) is 1. The number of benzene rings is 2. The summed E-state index contributed by atoms with van der Waals surface area (Å²) in [5.74, 6) is 0.792. The van der Waals surface area contributed by atoms with Crippen molar-refractivity contribution in [2.75, 3.05) is 13.2 Å². The molecule has 0 spiro atoms. The van der Waals surface area contributed by atoms with E-state index in [4.69, 9.17) is 10.5 Å². The second-order valence-corrected chi connectivity index (χ2v) is 8.60. The average Bonchev–Trinajstić information content (AvgIpc) is 3.18. The van der Waals surface area contributed by atoms with Gasteiger partial charge in [-0.1, -0.05) is 42.5 Å². The molecule has 3 amide bonds. The molecule has 1 saturated heterocycles. The first kappa shape index (κ1) is 23.0. The number of primary amides is 1. The van der Waals surface area contributed by atoms with Gasteiger partial charge in [-0.2, -0.15) is 4.48 Å². The average molecular weight is 424 g/mol. The van der Waals surface area contributed by atoms with Gasteiger partial charge in [-0.25, -0.2) is 9.59 Å². The third-order valence-electron chi connectivity index (χ3n) is 6.50. The molecule has 0 saturated carbocycles. The molecule has 0 aliphatic carbocycles. The molecule has 3 rings (SSSR count). The highest BCUT2D eigenvalue weighted by Crippen LogP contribution is 2.28. The lowest BCUT2D eigenvalue weighted by Gasteiger charge is -2.31. The van der Waals surface area contributed by atoms with E-state index < -0.39 is 6.03 Å². The monoisotopic (exact) mass is 423 g/mol. The smallest absolute Gasteiger partial charge is 0.421 e. The quantitative estimate of drug-likeness (QED) is 0.431. The van der Waals surface area contributed by atoms with E-state index >= 15 is 0 Å². The van der Waals surface area contributed by atoms with Gasteiger partial charge in [-0.05, 0) is 62.3 Å². The predicted octanol–water partition coefficient (Wildman–Crippen LogP) is 5.02. The van der Waals surface area contributed by atoms with Gasteiger partial charge in [-0.3, -0.25) is 0 Å². The Morgan fingerprint density at radius 1 is 0.968 bits per heavy atom. The number of urea groups is 1. The Balaban J connectivity index is 1.37. The number of carbonyl (C=O) groups is 2. The van der Waals surface area contributed by atoms with Crippen LogP contribution in [0.4, 0.5) is 4.79 Å². The fourth-order valence-corrected chi connectivity index (χ4v) is 4.54. The maximum absolute atomic E-state index is 12.8. The highest BCUT2D eigenvalue weighted by atomic mass is 16.5. The summed E-state index contributed by atoms with van der Waals surface area (Å²) >= 11 is 0. The van der Waals surface area contributed by atoms with E-state index in [1.165, 1.54) is 12.0 Å². The van der Waals surface area contributed by atoms with Crippen molar-refractivity contribution in [3.8, 4) is 5.75 Å². The van der Waals surface area contributed by atoms with Crippen LogP contribution in [0.15, 0.2) is 54.6 Å². The third-order valence-corrected chi connectivity index (χ3v) is 6.50. The predicted molar refractivity (Wildman–Crippen MR) is 123 cm³/mol. The zero-order valence-corrected chi connectivity index (χ0v) is 18.6.